The van der Waals surface area contributed by atoms with Crippen LogP contribution in [0.4, 0.5) is 10.1 Å². The maximum Gasteiger partial charge on any atom is 0.224 e. The number of rotatable bonds is 5. The minimum atomic E-state index is -0.286. The van der Waals surface area contributed by atoms with Crippen LogP contribution in [0.3, 0.4) is 0 Å². The van der Waals surface area contributed by atoms with E-state index < -0.39 is 0 Å². The van der Waals surface area contributed by atoms with E-state index >= 15 is 0 Å². The molecule has 2 aromatic carbocycles. The van der Waals surface area contributed by atoms with Crippen molar-refractivity contribution in [2.75, 3.05) is 5.32 Å². The Labute approximate surface area is 132 Å². The fraction of sp³-hybridized carbons (Fsp3) is 0.125. The van der Waals surface area contributed by atoms with Gasteiger partial charge in [0.2, 0.25) is 5.91 Å². The van der Waals surface area contributed by atoms with Crippen molar-refractivity contribution < 1.29 is 9.18 Å². The van der Waals surface area contributed by atoms with Gasteiger partial charge in [-0.3, -0.25) is 4.79 Å². The number of benzene rings is 2. The highest BCUT2D eigenvalue weighted by atomic mass is 19.1. The zero-order valence-electron chi connectivity index (χ0n) is 12.2. The number of hydrogen-bond acceptors (Lipinski definition) is 4. The number of anilines is 1. The molecule has 0 saturated heterocycles. The Morgan fingerprint density at radius 2 is 1.91 bits per heavy atom. The summed E-state index contributed by atoms with van der Waals surface area (Å²) in [6.07, 6.45) is 2.07. The first-order chi connectivity index (χ1) is 11.2. The van der Waals surface area contributed by atoms with E-state index in [9.17, 15) is 9.18 Å². The number of aryl methyl sites for hydroxylation is 1. The van der Waals surface area contributed by atoms with Crippen LogP contribution in [-0.2, 0) is 11.2 Å². The number of tetrazole rings is 1. The molecule has 0 spiro atoms. The zero-order valence-corrected chi connectivity index (χ0v) is 12.2. The summed E-state index contributed by atoms with van der Waals surface area (Å²) in [6.45, 7) is 0. The molecular weight excluding hydrogens is 297 g/mol. The highest BCUT2D eigenvalue weighted by molar-refractivity contribution is 5.90. The van der Waals surface area contributed by atoms with E-state index in [1.807, 2.05) is 0 Å². The van der Waals surface area contributed by atoms with Crippen molar-refractivity contribution in [1.29, 1.82) is 0 Å². The van der Waals surface area contributed by atoms with Crippen LogP contribution in [0.25, 0.3) is 5.69 Å². The molecule has 0 atom stereocenters. The molecular formula is C16H14FN5O. The van der Waals surface area contributed by atoms with Crippen LogP contribution in [0.1, 0.15) is 12.0 Å². The molecule has 0 fully saturated rings. The molecule has 116 valence electrons. The Morgan fingerprint density at radius 1 is 1.13 bits per heavy atom. The minimum Gasteiger partial charge on any atom is -0.326 e. The minimum absolute atomic E-state index is 0.163. The quantitative estimate of drug-likeness (QED) is 0.785. The lowest BCUT2D eigenvalue weighted by molar-refractivity contribution is -0.116. The lowest BCUT2D eigenvalue weighted by Gasteiger charge is -2.07. The number of halogens is 1. The van der Waals surface area contributed by atoms with E-state index in [-0.39, 0.29) is 18.1 Å². The van der Waals surface area contributed by atoms with Crippen molar-refractivity contribution in [2.45, 2.75) is 12.8 Å². The van der Waals surface area contributed by atoms with E-state index in [1.165, 1.54) is 17.1 Å². The third kappa shape index (κ3) is 3.76. The van der Waals surface area contributed by atoms with E-state index in [2.05, 4.69) is 20.8 Å². The fourth-order valence-electron chi connectivity index (χ4n) is 2.15. The van der Waals surface area contributed by atoms with Gasteiger partial charge in [-0.05, 0) is 52.7 Å². The molecule has 0 radical (unpaired) electrons. The number of carbonyl (C=O) groups excluding carboxylic acids is 1. The summed E-state index contributed by atoms with van der Waals surface area (Å²) < 4.78 is 15.0. The Hall–Kier alpha value is -3.09. The number of aromatic nitrogens is 4. The van der Waals surface area contributed by atoms with Crippen molar-refractivity contribution >= 4 is 11.6 Å². The molecule has 0 saturated carbocycles. The normalized spacial score (nSPS) is 10.5. The topological polar surface area (TPSA) is 72.7 Å². The van der Waals surface area contributed by atoms with Gasteiger partial charge in [0.1, 0.15) is 12.1 Å². The van der Waals surface area contributed by atoms with Crippen LogP contribution in [0.2, 0.25) is 0 Å². The lowest BCUT2D eigenvalue weighted by Crippen LogP contribution is -2.12. The zero-order chi connectivity index (χ0) is 16.1. The molecule has 1 N–H and O–H groups in total. The number of amides is 1. The van der Waals surface area contributed by atoms with Gasteiger partial charge in [-0.15, -0.1) is 5.10 Å². The van der Waals surface area contributed by atoms with Gasteiger partial charge in [0.05, 0.1) is 5.69 Å². The van der Waals surface area contributed by atoms with E-state index in [4.69, 9.17) is 0 Å². The van der Waals surface area contributed by atoms with Gasteiger partial charge in [0.25, 0.3) is 0 Å². The molecule has 3 rings (SSSR count). The van der Waals surface area contributed by atoms with Crippen molar-refractivity contribution in [3.63, 3.8) is 0 Å². The Bertz CT molecular complexity index is 786. The summed E-state index contributed by atoms with van der Waals surface area (Å²) in [5, 5.41) is 13.7. The summed E-state index contributed by atoms with van der Waals surface area (Å²) in [6, 6.07) is 13.6. The second-order valence-corrected chi connectivity index (χ2v) is 4.94. The largest absolute Gasteiger partial charge is 0.326 e. The summed E-state index contributed by atoms with van der Waals surface area (Å²) >= 11 is 0. The first kappa shape index (κ1) is 14.8. The highest BCUT2D eigenvalue weighted by Crippen LogP contribution is 2.13. The summed E-state index contributed by atoms with van der Waals surface area (Å²) in [5.41, 5.74) is 2.00. The molecule has 1 amide bonds. The van der Waals surface area contributed by atoms with Gasteiger partial charge in [-0.25, -0.2) is 9.07 Å². The molecule has 6 nitrogen and oxygen atoms in total. The Morgan fingerprint density at radius 3 is 2.61 bits per heavy atom. The van der Waals surface area contributed by atoms with Crippen molar-refractivity contribution in [2.24, 2.45) is 0 Å². The predicted octanol–water partition coefficient (Wildman–Crippen LogP) is 2.37. The smallest absolute Gasteiger partial charge is 0.224 e. The van der Waals surface area contributed by atoms with Gasteiger partial charge >= 0.3 is 0 Å². The number of nitrogens with zero attached hydrogens (tertiary/aromatic N) is 4. The van der Waals surface area contributed by atoms with Crippen LogP contribution in [-0.4, -0.2) is 26.1 Å². The third-order valence-corrected chi connectivity index (χ3v) is 3.34. The first-order valence-electron chi connectivity index (χ1n) is 7.09. The maximum atomic E-state index is 13.5. The van der Waals surface area contributed by atoms with Gasteiger partial charge in [0.15, 0.2) is 0 Å². The van der Waals surface area contributed by atoms with Gasteiger partial charge in [-0.2, -0.15) is 0 Å². The average molecular weight is 311 g/mol. The molecule has 0 aliphatic rings. The van der Waals surface area contributed by atoms with Crippen LogP contribution in [0, 0.1) is 5.82 Å². The van der Waals surface area contributed by atoms with Crippen LogP contribution < -0.4 is 5.32 Å². The fourth-order valence-corrected chi connectivity index (χ4v) is 2.15. The molecule has 0 unspecified atom stereocenters. The number of nitrogens with one attached hydrogen (secondary N) is 1. The Balaban J connectivity index is 1.57. The second-order valence-electron chi connectivity index (χ2n) is 4.94. The molecule has 7 heteroatoms. The van der Waals surface area contributed by atoms with Crippen LogP contribution in [0.5, 0.6) is 0 Å². The van der Waals surface area contributed by atoms with Crippen molar-refractivity contribution in [1.82, 2.24) is 20.2 Å². The molecule has 1 heterocycles. The van der Waals surface area contributed by atoms with Crippen LogP contribution in [0.15, 0.2) is 54.9 Å². The molecule has 0 bridgehead atoms. The monoisotopic (exact) mass is 311 g/mol. The average Bonchev–Trinajstić information content (AvgIpc) is 3.09. The van der Waals surface area contributed by atoms with Crippen LogP contribution >= 0.6 is 0 Å². The number of hydrogen-bond donors (Lipinski definition) is 1. The number of carbonyl (C=O) groups is 1. The maximum absolute atomic E-state index is 13.5. The third-order valence-electron chi connectivity index (χ3n) is 3.34. The van der Waals surface area contributed by atoms with E-state index in [0.717, 1.165) is 5.69 Å². The van der Waals surface area contributed by atoms with E-state index in [1.54, 1.807) is 42.5 Å². The summed E-state index contributed by atoms with van der Waals surface area (Å²) in [7, 11) is 0. The highest BCUT2D eigenvalue weighted by Gasteiger charge is 2.06. The predicted molar refractivity (Wildman–Crippen MR) is 82.5 cm³/mol. The lowest BCUT2D eigenvalue weighted by atomic mass is 10.1. The molecule has 23 heavy (non-hydrogen) atoms. The van der Waals surface area contributed by atoms with Crippen molar-refractivity contribution in [3.05, 3.63) is 66.2 Å². The molecule has 0 aliphatic heterocycles. The molecule has 0 aliphatic carbocycles. The molecule has 3 aromatic rings. The SMILES string of the molecule is O=C(CCc1ccccc1F)Nc1ccc(-n2cnnn2)cc1. The second kappa shape index (κ2) is 6.78. The Kier molecular flexibility index (Phi) is 4.37. The summed E-state index contributed by atoms with van der Waals surface area (Å²) in [4.78, 5) is 11.9. The van der Waals surface area contributed by atoms with Gasteiger partial charge in [-0.1, -0.05) is 18.2 Å². The summed E-state index contributed by atoms with van der Waals surface area (Å²) in [5.74, 6) is -0.450. The van der Waals surface area contributed by atoms with Gasteiger partial charge in [0, 0.05) is 12.1 Å². The first-order valence-corrected chi connectivity index (χ1v) is 7.09. The van der Waals surface area contributed by atoms with Crippen molar-refractivity contribution in [3.8, 4) is 5.69 Å². The van der Waals surface area contributed by atoms with E-state index in [0.29, 0.717) is 17.7 Å². The standard InChI is InChI=1S/C16H14FN5O/c17-15-4-2-1-3-12(15)5-10-16(23)19-13-6-8-14(9-7-13)22-11-18-20-21-22/h1-4,6-9,11H,5,10H2,(H,19,23). The molecule has 1 aromatic heterocycles. The van der Waals surface area contributed by atoms with Gasteiger partial charge < -0.3 is 5.32 Å².